The molecular formula is C28H61N3O2S. The molecule has 6 heteroatoms. The van der Waals surface area contributed by atoms with E-state index < -0.39 is 0 Å². The quantitative estimate of drug-likeness (QED) is 0.238. The highest BCUT2D eigenvalue weighted by molar-refractivity contribution is 7.81. The maximum Gasteiger partial charge on any atom is 0.224 e. The van der Waals surface area contributed by atoms with Crippen LogP contribution in [0.25, 0.3) is 0 Å². The van der Waals surface area contributed by atoms with Gasteiger partial charge in [-0.15, -0.1) is 0 Å². The Morgan fingerprint density at radius 1 is 1.09 bits per heavy atom. The molecule has 1 rings (SSSR count). The van der Waals surface area contributed by atoms with Crippen molar-refractivity contribution in [1.29, 1.82) is 0 Å². The summed E-state index contributed by atoms with van der Waals surface area (Å²) in [6.45, 7) is 32.1. The predicted octanol–water partition coefficient (Wildman–Crippen LogP) is 6.43. The van der Waals surface area contributed by atoms with Gasteiger partial charge in [0, 0.05) is 24.4 Å². The van der Waals surface area contributed by atoms with Crippen LogP contribution in [0.15, 0.2) is 0 Å². The molecule has 0 aromatic heterocycles. The number of thiol groups is 1. The molecule has 1 aliphatic heterocycles. The van der Waals surface area contributed by atoms with Crippen molar-refractivity contribution >= 4 is 24.9 Å². The van der Waals surface area contributed by atoms with Gasteiger partial charge in [0.15, 0.2) is 0 Å². The first-order valence-electron chi connectivity index (χ1n) is 13.5. The molecule has 0 aromatic rings. The molecule has 34 heavy (non-hydrogen) atoms. The summed E-state index contributed by atoms with van der Waals surface area (Å²) in [6.07, 6.45) is 3.89. The molecule has 5 nitrogen and oxygen atoms in total. The van der Waals surface area contributed by atoms with Crippen molar-refractivity contribution < 1.29 is 9.59 Å². The van der Waals surface area contributed by atoms with Gasteiger partial charge in [0.05, 0.1) is 5.92 Å². The Kier molecular flexibility index (Phi) is 21.6. The highest BCUT2D eigenvalue weighted by atomic mass is 32.1. The summed E-state index contributed by atoms with van der Waals surface area (Å²) in [5.41, 5.74) is 0.452. The normalized spacial score (nSPS) is 17.1. The number of rotatable bonds is 10. The minimum atomic E-state index is 0.000591. The number of hydrogen-bond acceptors (Lipinski definition) is 4. The van der Waals surface area contributed by atoms with E-state index in [4.69, 9.17) is 0 Å². The maximum absolute atomic E-state index is 12.2. The number of nitrogens with one attached hydrogen (secondary N) is 2. The van der Waals surface area contributed by atoms with Crippen molar-refractivity contribution in [2.24, 2.45) is 22.7 Å². The van der Waals surface area contributed by atoms with Crippen molar-refractivity contribution in [3.05, 3.63) is 0 Å². The topological polar surface area (TPSA) is 61.4 Å². The molecule has 0 spiro atoms. The Balaban J connectivity index is -0.000000547. The second kappa shape index (κ2) is 19.4. The number of amides is 2. The van der Waals surface area contributed by atoms with Crippen molar-refractivity contribution in [2.45, 2.75) is 114 Å². The zero-order valence-electron chi connectivity index (χ0n) is 25.1. The third kappa shape index (κ3) is 23.0. The van der Waals surface area contributed by atoms with E-state index in [-0.39, 0.29) is 22.0 Å². The van der Waals surface area contributed by atoms with E-state index in [0.29, 0.717) is 11.3 Å². The van der Waals surface area contributed by atoms with Crippen molar-refractivity contribution in [3.8, 4) is 0 Å². The van der Waals surface area contributed by atoms with E-state index in [1.165, 1.54) is 0 Å². The highest BCUT2D eigenvalue weighted by Crippen LogP contribution is 2.31. The molecule has 2 unspecified atom stereocenters. The fourth-order valence-corrected chi connectivity index (χ4v) is 4.83. The van der Waals surface area contributed by atoms with Crippen LogP contribution in [0, 0.1) is 22.7 Å². The van der Waals surface area contributed by atoms with Crippen LogP contribution in [-0.2, 0) is 9.59 Å². The molecule has 206 valence electrons. The molecule has 1 fully saturated rings. The van der Waals surface area contributed by atoms with E-state index in [1.54, 1.807) is 0 Å². The molecular weight excluding hydrogens is 442 g/mol. The second-order valence-electron chi connectivity index (χ2n) is 11.6. The molecule has 2 atom stereocenters. The Morgan fingerprint density at radius 3 is 2.00 bits per heavy atom. The molecule has 0 radical (unpaired) electrons. The van der Waals surface area contributed by atoms with Gasteiger partial charge >= 0.3 is 0 Å². The standard InChI is InChI=1S/C15H30N2OS.C9H19NO.2C2H6/c1-6-17-8-7-12(9-17)13(18)16-11-14(2,3)10-15(4,5)19;1-8(6-10-7-11)5-9(2,3)4;2*1-2/h12,19H,6-11H2,1-5H3,(H,16,18);7-8H,5-6H2,1-4H3,(H,10,11);2*1-2H3. The molecule has 0 aromatic carbocycles. The Hall–Kier alpha value is -0.750. The van der Waals surface area contributed by atoms with Crippen molar-refractivity contribution in [3.63, 3.8) is 0 Å². The first kappa shape index (κ1) is 37.8. The third-order valence-corrected chi connectivity index (χ3v) is 5.41. The average Bonchev–Trinajstić information content (AvgIpc) is 3.20. The van der Waals surface area contributed by atoms with E-state index >= 15 is 0 Å². The summed E-state index contributed by atoms with van der Waals surface area (Å²) in [6, 6.07) is 0. The van der Waals surface area contributed by atoms with Gasteiger partial charge in [-0.25, -0.2) is 0 Å². The van der Waals surface area contributed by atoms with Crippen LogP contribution < -0.4 is 10.6 Å². The Labute approximate surface area is 219 Å². The zero-order chi connectivity index (χ0) is 27.6. The SMILES string of the molecule is CC.CC.CC(CNC=O)CC(C)(C)C.CCN1CCC(C(=O)NCC(C)(C)CC(C)(C)S)C1. The van der Waals surface area contributed by atoms with Crippen LogP contribution in [0.5, 0.6) is 0 Å². The first-order chi connectivity index (χ1) is 15.6. The molecule has 0 bridgehead atoms. The largest absolute Gasteiger partial charge is 0.358 e. The highest BCUT2D eigenvalue weighted by Gasteiger charge is 2.30. The van der Waals surface area contributed by atoms with Gasteiger partial charge in [-0.05, 0) is 49.1 Å². The summed E-state index contributed by atoms with van der Waals surface area (Å²) in [7, 11) is 0. The van der Waals surface area contributed by atoms with Gasteiger partial charge in [0.25, 0.3) is 0 Å². The number of nitrogens with zero attached hydrogens (tertiary/aromatic N) is 1. The second-order valence-corrected chi connectivity index (χ2v) is 12.9. The minimum absolute atomic E-state index is 0.000591. The summed E-state index contributed by atoms with van der Waals surface area (Å²) in [5, 5.41) is 5.82. The van der Waals surface area contributed by atoms with Crippen LogP contribution in [0.2, 0.25) is 0 Å². The molecule has 2 amide bonds. The predicted molar refractivity (Wildman–Crippen MR) is 155 cm³/mol. The van der Waals surface area contributed by atoms with Crippen LogP contribution >= 0.6 is 12.6 Å². The van der Waals surface area contributed by atoms with Gasteiger partial charge in [-0.2, -0.15) is 12.6 Å². The zero-order valence-corrected chi connectivity index (χ0v) is 26.0. The van der Waals surface area contributed by atoms with Crippen LogP contribution in [0.3, 0.4) is 0 Å². The molecule has 1 saturated heterocycles. The van der Waals surface area contributed by atoms with Gasteiger partial charge < -0.3 is 15.5 Å². The number of carbonyl (C=O) groups excluding carboxylic acids is 2. The fourth-order valence-electron chi connectivity index (χ4n) is 4.41. The molecule has 2 N–H and O–H groups in total. The lowest BCUT2D eigenvalue weighted by Crippen LogP contribution is -2.40. The van der Waals surface area contributed by atoms with Crippen molar-refractivity contribution in [1.82, 2.24) is 15.5 Å². The van der Waals surface area contributed by atoms with E-state index in [2.05, 4.69) is 90.5 Å². The minimum Gasteiger partial charge on any atom is -0.358 e. The summed E-state index contributed by atoms with van der Waals surface area (Å²) in [4.78, 5) is 24.5. The maximum atomic E-state index is 12.2. The fraction of sp³-hybridized carbons (Fsp3) is 0.929. The lowest BCUT2D eigenvalue weighted by molar-refractivity contribution is -0.125. The number of carbonyl (C=O) groups is 2. The van der Waals surface area contributed by atoms with Gasteiger partial charge in [0.2, 0.25) is 12.3 Å². The molecule has 0 aliphatic carbocycles. The summed E-state index contributed by atoms with van der Waals surface area (Å²) < 4.78 is 0.000591. The smallest absolute Gasteiger partial charge is 0.224 e. The van der Waals surface area contributed by atoms with Crippen LogP contribution in [-0.4, -0.2) is 54.7 Å². The molecule has 1 heterocycles. The number of hydrogen-bond donors (Lipinski definition) is 3. The van der Waals surface area contributed by atoms with Crippen molar-refractivity contribution in [2.75, 3.05) is 32.7 Å². The van der Waals surface area contributed by atoms with Gasteiger partial charge in [-0.1, -0.05) is 90.0 Å². The summed E-state index contributed by atoms with van der Waals surface area (Å²) >= 11 is 4.59. The molecule has 1 aliphatic rings. The van der Waals surface area contributed by atoms with E-state index in [9.17, 15) is 9.59 Å². The Morgan fingerprint density at radius 2 is 1.62 bits per heavy atom. The van der Waals surface area contributed by atoms with Crippen LogP contribution in [0.1, 0.15) is 109 Å². The van der Waals surface area contributed by atoms with Gasteiger partial charge in [-0.3, -0.25) is 9.59 Å². The van der Waals surface area contributed by atoms with Crippen LogP contribution in [0.4, 0.5) is 0 Å². The summed E-state index contributed by atoms with van der Waals surface area (Å²) in [5.74, 6) is 0.973. The monoisotopic (exact) mass is 503 g/mol. The third-order valence-electron chi connectivity index (χ3n) is 5.25. The first-order valence-corrected chi connectivity index (χ1v) is 13.9. The lowest BCUT2D eigenvalue weighted by atomic mass is 9.83. The van der Waals surface area contributed by atoms with E-state index in [0.717, 1.165) is 58.4 Å². The Bertz CT molecular complexity index is 511. The van der Waals surface area contributed by atoms with E-state index in [1.807, 2.05) is 27.7 Å². The van der Waals surface area contributed by atoms with Gasteiger partial charge in [0.1, 0.15) is 0 Å². The number of likely N-dealkylation sites (tertiary alicyclic amines) is 1. The average molecular weight is 504 g/mol. The lowest BCUT2D eigenvalue weighted by Gasteiger charge is -2.32. The molecule has 0 saturated carbocycles.